The van der Waals surface area contributed by atoms with E-state index >= 15 is 0 Å². The van der Waals surface area contributed by atoms with Crippen LogP contribution in [0, 0.1) is 22.7 Å². The van der Waals surface area contributed by atoms with Gasteiger partial charge >= 0.3 is 5.97 Å². The van der Waals surface area contributed by atoms with Crippen LogP contribution in [0.15, 0.2) is 23.3 Å². The van der Waals surface area contributed by atoms with E-state index in [9.17, 15) is 4.79 Å². The van der Waals surface area contributed by atoms with Crippen LogP contribution in [0.4, 0.5) is 0 Å². The number of hydrogen-bond donors (Lipinski definition) is 0. The third-order valence-corrected chi connectivity index (χ3v) is 6.26. The smallest absolute Gasteiger partial charge is 0.304 e. The number of esters is 1. The summed E-state index contributed by atoms with van der Waals surface area (Å²) in [7, 11) is 0. The molecule has 2 aliphatic carbocycles. The van der Waals surface area contributed by atoms with E-state index < -0.39 is 6.29 Å². The summed E-state index contributed by atoms with van der Waals surface area (Å²) in [5.41, 5.74) is 3.46. The fourth-order valence-electron chi connectivity index (χ4n) is 5.46. The zero-order valence-corrected chi connectivity index (χ0v) is 15.9. The van der Waals surface area contributed by atoms with Crippen molar-refractivity contribution < 1.29 is 14.3 Å². The first-order valence-corrected chi connectivity index (χ1v) is 9.42. The van der Waals surface area contributed by atoms with Crippen LogP contribution in [0.3, 0.4) is 0 Å². The van der Waals surface area contributed by atoms with Gasteiger partial charge in [0.05, 0.1) is 12.5 Å². The second-order valence-electron chi connectivity index (χ2n) is 8.95. The summed E-state index contributed by atoms with van der Waals surface area (Å²) in [6, 6.07) is 0. The average Bonchev–Trinajstić information content (AvgIpc) is 2.87. The van der Waals surface area contributed by atoms with E-state index in [1.807, 2.05) is 0 Å². The van der Waals surface area contributed by atoms with Gasteiger partial charge in [0.25, 0.3) is 0 Å². The third-order valence-electron chi connectivity index (χ3n) is 6.26. The maximum atomic E-state index is 11.5. The monoisotopic (exact) mass is 332 g/mol. The fraction of sp³-hybridized carbons (Fsp3) is 0.762. The molecule has 1 aliphatic heterocycles. The third kappa shape index (κ3) is 3.20. The van der Waals surface area contributed by atoms with Crippen LogP contribution in [0.2, 0.25) is 0 Å². The lowest BCUT2D eigenvalue weighted by atomic mass is 9.57. The maximum absolute atomic E-state index is 11.5. The summed E-state index contributed by atoms with van der Waals surface area (Å²) in [4.78, 5) is 11.5. The molecule has 3 nitrogen and oxygen atoms in total. The van der Waals surface area contributed by atoms with Crippen LogP contribution >= 0.6 is 0 Å². The summed E-state index contributed by atoms with van der Waals surface area (Å²) in [6.45, 7) is 11.5. The van der Waals surface area contributed by atoms with Crippen molar-refractivity contribution in [2.75, 3.05) is 6.61 Å². The predicted octanol–water partition coefficient (Wildman–Crippen LogP) is 5.02. The topological polar surface area (TPSA) is 35.5 Å². The van der Waals surface area contributed by atoms with Crippen molar-refractivity contribution in [1.29, 1.82) is 0 Å². The van der Waals surface area contributed by atoms with Gasteiger partial charge in [-0.1, -0.05) is 39.3 Å². The van der Waals surface area contributed by atoms with Gasteiger partial charge in [-0.25, -0.2) is 0 Å². The average molecular weight is 332 g/mol. The van der Waals surface area contributed by atoms with Crippen LogP contribution in [-0.4, -0.2) is 18.9 Å². The number of ether oxygens (including phenoxy) is 2. The maximum Gasteiger partial charge on any atom is 0.304 e. The molecule has 1 saturated heterocycles. The van der Waals surface area contributed by atoms with Crippen molar-refractivity contribution in [2.45, 2.75) is 73.0 Å². The first kappa shape index (κ1) is 17.7. The van der Waals surface area contributed by atoms with E-state index in [1.54, 1.807) is 0 Å². The largest absolute Gasteiger partial charge is 0.435 e. The summed E-state index contributed by atoms with van der Waals surface area (Å²) >= 11 is 0. The van der Waals surface area contributed by atoms with E-state index in [4.69, 9.17) is 9.47 Å². The lowest BCUT2D eigenvalue weighted by Crippen LogP contribution is -2.37. The fourth-order valence-corrected chi connectivity index (χ4v) is 5.46. The normalized spacial score (nSPS) is 40.1. The number of allylic oxidation sites excluding steroid dienone is 3. The molecule has 0 aromatic rings. The molecule has 24 heavy (non-hydrogen) atoms. The molecule has 0 aromatic carbocycles. The Balaban J connectivity index is 1.91. The van der Waals surface area contributed by atoms with E-state index in [-0.39, 0.29) is 17.3 Å². The second-order valence-corrected chi connectivity index (χ2v) is 8.95. The summed E-state index contributed by atoms with van der Waals surface area (Å²) in [5, 5.41) is 0. The highest BCUT2D eigenvalue weighted by Crippen LogP contribution is 2.55. The van der Waals surface area contributed by atoms with E-state index in [2.05, 4.69) is 39.8 Å². The van der Waals surface area contributed by atoms with Crippen LogP contribution < -0.4 is 0 Å². The second kappa shape index (κ2) is 6.33. The molecular weight excluding hydrogens is 300 g/mol. The molecule has 0 amide bonds. The highest BCUT2D eigenvalue weighted by Gasteiger charge is 2.48. The first-order chi connectivity index (χ1) is 11.3. The highest BCUT2D eigenvalue weighted by atomic mass is 16.7. The van der Waals surface area contributed by atoms with E-state index in [1.165, 1.54) is 43.8 Å². The SMILES string of the molecule is C/C=C1\C([C@@]2(C)CCCC(C)(C)C2)=CC[C@H]2CO[C@H](OC(C)=O)[C@@H]12. The minimum absolute atomic E-state index is 0.195. The molecule has 0 bridgehead atoms. The molecule has 4 atom stereocenters. The van der Waals surface area contributed by atoms with Gasteiger partial charge in [0.1, 0.15) is 0 Å². The highest BCUT2D eigenvalue weighted by molar-refractivity contribution is 5.66. The van der Waals surface area contributed by atoms with Crippen LogP contribution in [0.25, 0.3) is 0 Å². The van der Waals surface area contributed by atoms with Crippen molar-refractivity contribution in [2.24, 2.45) is 22.7 Å². The standard InChI is InChI=1S/C21H32O3/c1-6-16-17(21(5)11-7-10-20(3,4)13-21)9-8-15-12-23-19(18(15)16)24-14(2)22/h6,9,15,18-19H,7-8,10-13H2,1-5H3/b16-6+/t15-,18+,19+,21-/m0/s1. The molecule has 0 N–H and O–H groups in total. The van der Waals surface area contributed by atoms with Crippen molar-refractivity contribution >= 4 is 5.97 Å². The molecule has 134 valence electrons. The molecular formula is C21H32O3. The molecule has 0 spiro atoms. The molecule has 3 heteroatoms. The predicted molar refractivity (Wildman–Crippen MR) is 95.3 cm³/mol. The van der Waals surface area contributed by atoms with E-state index in [0.29, 0.717) is 17.9 Å². The van der Waals surface area contributed by atoms with Crippen LogP contribution in [0.5, 0.6) is 0 Å². The quantitative estimate of drug-likeness (QED) is 0.666. The Morgan fingerprint density at radius 1 is 1.33 bits per heavy atom. The first-order valence-electron chi connectivity index (χ1n) is 9.42. The Morgan fingerprint density at radius 2 is 2.08 bits per heavy atom. The van der Waals surface area contributed by atoms with Crippen LogP contribution in [-0.2, 0) is 14.3 Å². The van der Waals surface area contributed by atoms with Crippen molar-refractivity contribution in [3.8, 4) is 0 Å². The molecule has 3 aliphatic rings. The Kier molecular flexibility index (Phi) is 4.67. The summed E-state index contributed by atoms with van der Waals surface area (Å²) in [5.74, 6) is 0.377. The Labute approximate surface area is 146 Å². The number of fused-ring (bicyclic) bond motifs is 1. The minimum Gasteiger partial charge on any atom is -0.435 e. The lowest BCUT2D eigenvalue weighted by molar-refractivity contribution is -0.171. The Bertz CT molecular complexity index is 572. The van der Waals surface area contributed by atoms with Gasteiger partial charge in [-0.15, -0.1) is 0 Å². The van der Waals surface area contributed by atoms with Gasteiger partial charge in [0, 0.05) is 6.92 Å². The lowest BCUT2D eigenvalue weighted by Gasteiger charge is -2.47. The van der Waals surface area contributed by atoms with Crippen molar-refractivity contribution in [3.05, 3.63) is 23.3 Å². The van der Waals surface area contributed by atoms with Gasteiger partial charge in [-0.3, -0.25) is 4.79 Å². The van der Waals surface area contributed by atoms with Gasteiger partial charge in [0.2, 0.25) is 6.29 Å². The molecule has 1 heterocycles. The minimum atomic E-state index is -0.414. The van der Waals surface area contributed by atoms with Gasteiger partial charge in [0.15, 0.2) is 0 Å². The Hall–Kier alpha value is -1.09. The van der Waals surface area contributed by atoms with Crippen molar-refractivity contribution in [3.63, 3.8) is 0 Å². The zero-order valence-electron chi connectivity index (χ0n) is 15.9. The van der Waals surface area contributed by atoms with Crippen LogP contribution in [0.1, 0.15) is 66.7 Å². The molecule has 0 radical (unpaired) electrons. The molecule has 2 fully saturated rings. The number of carbonyl (C=O) groups is 1. The number of hydrogen-bond acceptors (Lipinski definition) is 3. The summed E-state index contributed by atoms with van der Waals surface area (Å²) in [6.07, 6.45) is 10.4. The number of carbonyl (C=O) groups excluding carboxylic acids is 1. The molecule has 0 unspecified atom stereocenters. The molecule has 3 rings (SSSR count). The van der Waals surface area contributed by atoms with Crippen molar-refractivity contribution in [1.82, 2.24) is 0 Å². The zero-order chi connectivity index (χ0) is 17.5. The molecule has 0 aromatic heterocycles. The van der Waals surface area contributed by atoms with Gasteiger partial charge in [-0.2, -0.15) is 0 Å². The molecule has 1 saturated carbocycles. The number of rotatable bonds is 2. The van der Waals surface area contributed by atoms with Gasteiger partial charge in [-0.05, 0) is 60.5 Å². The van der Waals surface area contributed by atoms with Gasteiger partial charge < -0.3 is 9.47 Å². The summed E-state index contributed by atoms with van der Waals surface area (Å²) < 4.78 is 11.3. The Morgan fingerprint density at radius 3 is 2.71 bits per heavy atom. The van der Waals surface area contributed by atoms with E-state index in [0.717, 1.165) is 6.42 Å².